The second-order valence-corrected chi connectivity index (χ2v) is 5.85. The normalized spacial score (nSPS) is 11.0. The van der Waals surface area contributed by atoms with Crippen LogP contribution in [0.3, 0.4) is 0 Å². The predicted octanol–water partition coefficient (Wildman–Crippen LogP) is 3.23. The Bertz CT molecular complexity index is 778. The molecule has 0 radical (unpaired) electrons. The Kier molecular flexibility index (Phi) is 4.95. The second-order valence-electron chi connectivity index (χ2n) is 4.87. The van der Waals surface area contributed by atoms with Crippen LogP contribution >= 0.6 is 11.3 Å². The topological polar surface area (TPSA) is 59.8 Å². The number of carbonyl (C=O) groups excluding carboxylic acids is 1. The van der Waals surface area contributed by atoms with Crippen molar-refractivity contribution in [1.82, 2.24) is 14.8 Å². The molecule has 116 valence electrons. The fourth-order valence-corrected chi connectivity index (χ4v) is 2.66. The molecule has 3 heterocycles. The Hall–Kier alpha value is -2.73. The molecule has 0 atom stereocenters. The first-order valence-corrected chi connectivity index (χ1v) is 8.13. The van der Waals surface area contributed by atoms with Gasteiger partial charge in [-0.2, -0.15) is 5.10 Å². The zero-order valence-electron chi connectivity index (χ0n) is 12.4. The van der Waals surface area contributed by atoms with Gasteiger partial charge in [0.15, 0.2) is 5.82 Å². The van der Waals surface area contributed by atoms with E-state index in [4.69, 9.17) is 0 Å². The van der Waals surface area contributed by atoms with Crippen LogP contribution in [-0.4, -0.2) is 20.7 Å². The average molecular weight is 324 g/mol. The van der Waals surface area contributed by atoms with E-state index in [1.54, 1.807) is 34.4 Å². The highest BCUT2D eigenvalue weighted by atomic mass is 32.1. The highest BCUT2D eigenvalue weighted by molar-refractivity contribution is 7.10. The summed E-state index contributed by atoms with van der Waals surface area (Å²) in [5, 5.41) is 9.06. The number of amides is 1. The Morgan fingerprint density at radius 2 is 2.22 bits per heavy atom. The SMILES string of the molecule is O=C(C=Cc1cccs1)Nc1ccn(CCc2ccccn2)n1. The molecule has 5 nitrogen and oxygen atoms in total. The van der Waals surface area contributed by atoms with Crippen LogP contribution in [0.15, 0.2) is 60.2 Å². The van der Waals surface area contributed by atoms with E-state index in [0.717, 1.165) is 23.5 Å². The summed E-state index contributed by atoms with van der Waals surface area (Å²) in [6.45, 7) is 0.720. The molecular formula is C17H16N4OS. The van der Waals surface area contributed by atoms with E-state index in [2.05, 4.69) is 15.4 Å². The zero-order valence-corrected chi connectivity index (χ0v) is 13.2. The Morgan fingerprint density at radius 1 is 1.26 bits per heavy atom. The van der Waals surface area contributed by atoms with Crippen LogP contribution in [0.5, 0.6) is 0 Å². The first-order valence-electron chi connectivity index (χ1n) is 7.25. The van der Waals surface area contributed by atoms with Gasteiger partial charge in [-0.15, -0.1) is 11.3 Å². The molecule has 1 N–H and O–H groups in total. The summed E-state index contributed by atoms with van der Waals surface area (Å²) in [6.07, 6.45) is 7.73. The van der Waals surface area contributed by atoms with Crippen molar-refractivity contribution in [3.8, 4) is 0 Å². The Balaban J connectivity index is 1.51. The molecule has 0 saturated heterocycles. The third kappa shape index (κ3) is 4.62. The average Bonchev–Trinajstić information content (AvgIpc) is 3.24. The number of hydrogen-bond donors (Lipinski definition) is 1. The molecule has 0 aromatic carbocycles. The van der Waals surface area contributed by atoms with E-state index in [9.17, 15) is 4.79 Å². The minimum absolute atomic E-state index is 0.187. The van der Waals surface area contributed by atoms with Crippen molar-refractivity contribution in [2.45, 2.75) is 13.0 Å². The molecule has 0 unspecified atom stereocenters. The molecule has 3 rings (SSSR count). The number of nitrogens with zero attached hydrogens (tertiary/aromatic N) is 3. The molecule has 3 aromatic heterocycles. The van der Waals surface area contributed by atoms with Gasteiger partial charge in [0.05, 0.1) is 0 Å². The maximum atomic E-state index is 11.8. The fourth-order valence-electron chi connectivity index (χ4n) is 2.04. The van der Waals surface area contributed by atoms with Gasteiger partial charge in [-0.05, 0) is 29.7 Å². The number of thiophene rings is 1. The van der Waals surface area contributed by atoms with E-state index in [-0.39, 0.29) is 5.91 Å². The van der Waals surface area contributed by atoms with Gasteiger partial charge in [-0.25, -0.2) is 0 Å². The summed E-state index contributed by atoms with van der Waals surface area (Å²) >= 11 is 1.59. The minimum Gasteiger partial charge on any atom is -0.306 e. The van der Waals surface area contributed by atoms with Crippen LogP contribution in [0.4, 0.5) is 5.82 Å². The van der Waals surface area contributed by atoms with Gasteiger partial charge < -0.3 is 5.32 Å². The largest absolute Gasteiger partial charge is 0.306 e. The zero-order chi connectivity index (χ0) is 15.9. The monoisotopic (exact) mass is 324 g/mol. The lowest BCUT2D eigenvalue weighted by molar-refractivity contribution is -0.111. The van der Waals surface area contributed by atoms with Gasteiger partial charge in [-0.1, -0.05) is 12.1 Å². The number of carbonyl (C=O) groups is 1. The van der Waals surface area contributed by atoms with Gasteiger partial charge >= 0.3 is 0 Å². The molecular weight excluding hydrogens is 308 g/mol. The molecule has 0 fully saturated rings. The lowest BCUT2D eigenvalue weighted by Gasteiger charge is -2.01. The van der Waals surface area contributed by atoms with Crippen molar-refractivity contribution in [1.29, 1.82) is 0 Å². The number of anilines is 1. The molecule has 0 bridgehead atoms. The number of aryl methyl sites for hydroxylation is 2. The summed E-state index contributed by atoms with van der Waals surface area (Å²) in [6, 6.07) is 11.6. The number of rotatable bonds is 6. The minimum atomic E-state index is -0.187. The van der Waals surface area contributed by atoms with Gasteiger partial charge in [0, 0.05) is 48.1 Å². The second kappa shape index (κ2) is 7.51. The van der Waals surface area contributed by atoms with Crippen LogP contribution < -0.4 is 5.32 Å². The summed E-state index contributed by atoms with van der Waals surface area (Å²) in [7, 11) is 0. The number of aromatic nitrogens is 3. The Labute approximate surface area is 138 Å². The molecule has 23 heavy (non-hydrogen) atoms. The van der Waals surface area contributed by atoms with Gasteiger partial charge in [0.25, 0.3) is 0 Å². The first kappa shape index (κ1) is 15.2. The van der Waals surface area contributed by atoms with E-state index >= 15 is 0 Å². The molecule has 0 saturated carbocycles. The summed E-state index contributed by atoms with van der Waals surface area (Å²) in [5.74, 6) is 0.361. The maximum Gasteiger partial charge on any atom is 0.249 e. The van der Waals surface area contributed by atoms with E-state index in [1.807, 2.05) is 41.9 Å². The fraction of sp³-hybridized carbons (Fsp3) is 0.118. The third-order valence-corrected chi connectivity index (χ3v) is 3.99. The van der Waals surface area contributed by atoms with Crippen molar-refractivity contribution in [3.05, 3.63) is 70.8 Å². The standard InChI is InChI=1S/C17H16N4OS/c22-17(7-6-15-5-3-13-23-15)19-16-9-12-21(20-16)11-8-14-4-1-2-10-18-14/h1-7,9-10,12-13H,8,11H2,(H,19,20,22). The predicted molar refractivity (Wildman–Crippen MR) is 92.2 cm³/mol. The maximum absolute atomic E-state index is 11.8. The van der Waals surface area contributed by atoms with Crippen LogP contribution in [0.25, 0.3) is 6.08 Å². The van der Waals surface area contributed by atoms with E-state index < -0.39 is 0 Å². The van der Waals surface area contributed by atoms with Crippen molar-refractivity contribution in [3.63, 3.8) is 0 Å². The Morgan fingerprint density at radius 3 is 3.00 bits per heavy atom. The summed E-state index contributed by atoms with van der Waals surface area (Å²) < 4.78 is 1.80. The van der Waals surface area contributed by atoms with E-state index in [0.29, 0.717) is 5.82 Å². The van der Waals surface area contributed by atoms with Gasteiger partial charge in [-0.3, -0.25) is 14.5 Å². The molecule has 1 amide bonds. The highest BCUT2D eigenvalue weighted by Gasteiger charge is 2.03. The van der Waals surface area contributed by atoms with Crippen molar-refractivity contribution in [2.75, 3.05) is 5.32 Å². The number of nitrogens with one attached hydrogen (secondary N) is 1. The molecule has 3 aromatic rings. The van der Waals surface area contributed by atoms with E-state index in [1.165, 1.54) is 6.08 Å². The van der Waals surface area contributed by atoms with Crippen LogP contribution in [0.2, 0.25) is 0 Å². The molecule has 0 aliphatic rings. The van der Waals surface area contributed by atoms with Crippen LogP contribution in [0, 0.1) is 0 Å². The summed E-state index contributed by atoms with van der Waals surface area (Å²) in [5.41, 5.74) is 1.02. The van der Waals surface area contributed by atoms with Crippen LogP contribution in [0.1, 0.15) is 10.6 Å². The highest BCUT2D eigenvalue weighted by Crippen LogP contribution is 2.10. The first-order chi connectivity index (χ1) is 11.3. The molecule has 0 spiro atoms. The lowest BCUT2D eigenvalue weighted by Crippen LogP contribution is -2.09. The van der Waals surface area contributed by atoms with Crippen molar-refractivity contribution in [2.24, 2.45) is 0 Å². The van der Waals surface area contributed by atoms with Gasteiger partial charge in [0.1, 0.15) is 0 Å². The summed E-state index contributed by atoms with van der Waals surface area (Å²) in [4.78, 5) is 17.2. The lowest BCUT2D eigenvalue weighted by atomic mass is 10.3. The number of hydrogen-bond acceptors (Lipinski definition) is 4. The molecule has 0 aliphatic carbocycles. The third-order valence-electron chi connectivity index (χ3n) is 3.16. The van der Waals surface area contributed by atoms with Crippen LogP contribution in [-0.2, 0) is 17.8 Å². The van der Waals surface area contributed by atoms with Gasteiger partial charge in [0.2, 0.25) is 5.91 Å². The molecule has 0 aliphatic heterocycles. The number of pyridine rings is 1. The molecule has 6 heteroatoms. The van der Waals surface area contributed by atoms with Crippen molar-refractivity contribution >= 4 is 29.1 Å². The quantitative estimate of drug-likeness (QED) is 0.708. The van der Waals surface area contributed by atoms with Crippen molar-refractivity contribution < 1.29 is 4.79 Å². The smallest absolute Gasteiger partial charge is 0.249 e.